The average molecular weight is 139 g/mol. The molecular weight excluding hydrogens is 139 g/mol. The summed E-state index contributed by atoms with van der Waals surface area (Å²) in [6.07, 6.45) is 0. The number of rotatable bonds is 0. The molecule has 28 valence electrons. The standard InChI is InChI=1S/3O.Zr/q3*-2;. The van der Waals surface area contributed by atoms with Gasteiger partial charge >= 0.3 is 0 Å². The zero-order chi connectivity index (χ0) is 0. The fraction of sp³-hybridized carbons (Fsp3) is 0. The molecule has 0 aromatic carbocycles. The summed E-state index contributed by atoms with van der Waals surface area (Å²) >= 11 is 0. The Morgan fingerprint density at radius 2 is 0.500 bits per heavy atom. The third-order valence-electron chi connectivity index (χ3n) is 0. The molecule has 0 N–H and O–H groups in total. The summed E-state index contributed by atoms with van der Waals surface area (Å²) in [5.41, 5.74) is 0. The second-order valence-corrected chi connectivity index (χ2v) is 0. The fourth-order valence-electron chi connectivity index (χ4n) is 0. The molecule has 0 saturated carbocycles. The quantitative estimate of drug-likeness (QED) is 0.439. The minimum Gasteiger partial charge on any atom is -2.00 e. The molecule has 0 rings (SSSR count). The van der Waals surface area contributed by atoms with E-state index in [4.69, 9.17) is 0 Å². The Balaban J connectivity index is 0. The zero-order valence-corrected chi connectivity index (χ0v) is 4.18. The first-order chi connectivity index (χ1) is 0. The first kappa shape index (κ1) is 116. The molecule has 0 amide bonds. The molecule has 3 nitrogen and oxygen atoms in total. The molecule has 4 heteroatoms. The topological polar surface area (TPSA) is 85.5 Å². The van der Waals surface area contributed by atoms with Crippen LogP contribution < -0.4 is 0 Å². The summed E-state index contributed by atoms with van der Waals surface area (Å²) in [5, 5.41) is 0. The van der Waals surface area contributed by atoms with Crippen LogP contribution in [0.5, 0.6) is 0 Å². The van der Waals surface area contributed by atoms with E-state index in [0.29, 0.717) is 0 Å². The Labute approximate surface area is 43.1 Å². The van der Waals surface area contributed by atoms with E-state index >= 15 is 0 Å². The van der Waals surface area contributed by atoms with Crippen LogP contribution in [-0.4, -0.2) is 0 Å². The molecule has 0 aliphatic heterocycles. The van der Waals surface area contributed by atoms with Crippen molar-refractivity contribution < 1.29 is 42.6 Å². The molecule has 0 aromatic heterocycles. The zero-order valence-electron chi connectivity index (χ0n) is 1.72. The Bertz CT molecular complexity index is 3.25. The Kier molecular flexibility index (Phi) is 1430. The first-order valence-electron chi connectivity index (χ1n) is 0. The van der Waals surface area contributed by atoms with Gasteiger partial charge in [-0.15, -0.1) is 0 Å². The molecule has 0 aliphatic carbocycles. The van der Waals surface area contributed by atoms with Crippen LogP contribution in [0.15, 0.2) is 0 Å². The van der Waals surface area contributed by atoms with E-state index in [1.807, 2.05) is 0 Å². The van der Waals surface area contributed by atoms with Gasteiger partial charge < -0.3 is 16.4 Å². The van der Waals surface area contributed by atoms with Gasteiger partial charge in [0.25, 0.3) is 0 Å². The van der Waals surface area contributed by atoms with Crippen molar-refractivity contribution in [2.75, 3.05) is 0 Å². The molecular formula is O3Zr-6. The maximum Gasteiger partial charge on any atom is 0 e. The minimum absolute atomic E-state index is 0. The summed E-state index contributed by atoms with van der Waals surface area (Å²) < 4.78 is 0. The summed E-state index contributed by atoms with van der Waals surface area (Å²) in [4.78, 5) is 0. The van der Waals surface area contributed by atoms with Crippen molar-refractivity contribution in [2.24, 2.45) is 0 Å². The molecule has 0 fully saturated rings. The summed E-state index contributed by atoms with van der Waals surface area (Å²) in [5.74, 6) is 0. The van der Waals surface area contributed by atoms with Crippen molar-refractivity contribution in [3.8, 4) is 0 Å². The average Bonchev–Trinajstić information content (AvgIpc) is 0. The summed E-state index contributed by atoms with van der Waals surface area (Å²) in [6, 6.07) is 0. The van der Waals surface area contributed by atoms with Gasteiger partial charge in [0.2, 0.25) is 0 Å². The van der Waals surface area contributed by atoms with Gasteiger partial charge in [-0.2, -0.15) is 0 Å². The number of hydrogen-bond acceptors (Lipinski definition) is 0. The van der Waals surface area contributed by atoms with Crippen molar-refractivity contribution in [1.82, 2.24) is 0 Å². The molecule has 0 radical (unpaired) electrons. The van der Waals surface area contributed by atoms with Crippen molar-refractivity contribution in [1.29, 1.82) is 0 Å². The molecule has 0 spiro atoms. The monoisotopic (exact) mass is 138 g/mol. The predicted molar refractivity (Wildman–Crippen MR) is 2.06 cm³/mol. The molecule has 0 aliphatic rings. The molecule has 0 bridgehead atoms. The van der Waals surface area contributed by atoms with E-state index in [1.165, 1.54) is 0 Å². The van der Waals surface area contributed by atoms with Gasteiger partial charge in [0.1, 0.15) is 0 Å². The molecule has 0 aromatic rings. The Hall–Kier alpha value is 0.763. The van der Waals surface area contributed by atoms with Crippen LogP contribution in [0.4, 0.5) is 0 Å². The van der Waals surface area contributed by atoms with Crippen LogP contribution in [0, 0.1) is 0 Å². The van der Waals surface area contributed by atoms with Crippen LogP contribution in [0.3, 0.4) is 0 Å². The maximum absolute atomic E-state index is 0. The first-order valence-corrected chi connectivity index (χ1v) is 0. The summed E-state index contributed by atoms with van der Waals surface area (Å²) in [6.45, 7) is 0. The third kappa shape index (κ3) is 14.7. The SMILES string of the molecule is [O-2].[O-2].[O-2].[Zr]. The van der Waals surface area contributed by atoms with Crippen LogP contribution >= 0.6 is 0 Å². The van der Waals surface area contributed by atoms with Gasteiger partial charge in [0, 0.05) is 26.2 Å². The minimum atomic E-state index is 0. The smallest absolute Gasteiger partial charge is 0 e. The largest absolute Gasteiger partial charge is 2.00 e. The predicted octanol–water partition coefficient (Wildman–Crippen LogP) is -0.359. The second kappa shape index (κ2) is 49.3. The molecule has 4 heavy (non-hydrogen) atoms. The molecule has 0 atom stereocenters. The van der Waals surface area contributed by atoms with Crippen molar-refractivity contribution in [3.05, 3.63) is 0 Å². The third-order valence-corrected chi connectivity index (χ3v) is 0. The molecule has 0 heterocycles. The van der Waals surface area contributed by atoms with Crippen LogP contribution in [0.2, 0.25) is 0 Å². The van der Waals surface area contributed by atoms with Gasteiger partial charge in [0.15, 0.2) is 0 Å². The van der Waals surface area contributed by atoms with Crippen molar-refractivity contribution in [2.45, 2.75) is 0 Å². The van der Waals surface area contributed by atoms with Crippen LogP contribution in [0.1, 0.15) is 0 Å². The van der Waals surface area contributed by atoms with Gasteiger partial charge in [-0.25, -0.2) is 0 Å². The normalized spacial score (nSPS) is 0. The van der Waals surface area contributed by atoms with Crippen LogP contribution in [0.25, 0.3) is 0 Å². The Morgan fingerprint density at radius 3 is 0.500 bits per heavy atom. The van der Waals surface area contributed by atoms with Gasteiger partial charge in [-0.1, -0.05) is 0 Å². The van der Waals surface area contributed by atoms with Gasteiger partial charge in [0.05, 0.1) is 0 Å². The van der Waals surface area contributed by atoms with Crippen LogP contribution in [-0.2, 0) is 42.6 Å². The summed E-state index contributed by atoms with van der Waals surface area (Å²) in [7, 11) is 0. The van der Waals surface area contributed by atoms with Crippen molar-refractivity contribution in [3.63, 3.8) is 0 Å². The maximum atomic E-state index is 0. The van der Waals surface area contributed by atoms with E-state index in [9.17, 15) is 0 Å². The second-order valence-electron chi connectivity index (χ2n) is 0. The molecule has 0 unspecified atom stereocenters. The number of hydrogen-bond donors (Lipinski definition) is 0. The van der Waals surface area contributed by atoms with Crippen molar-refractivity contribution >= 4 is 0 Å². The van der Waals surface area contributed by atoms with E-state index in [-0.39, 0.29) is 42.6 Å². The van der Waals surface area contributed by atoms with E-state index in [0.717, 1.165) is 0 Å². The van der Waals surface area contributed by atoms with Gasteiger partial charge in [-0.3, -0.25) is 0 Å². The molecule has 0 saturated heterocycles. The fourth-order valence-corrected chi connectivity index (χ4v) is 0. The van der Waals surface area contributed by atoms with E-state index < -0.39 is 0 Å². The van der Waals surface area contributed by atoms with E-state index in [1.54, 1.807) is 0 Å². The van der Waals surface area contributed by atoms with E-state index in [2.05, 4.69) is 0 Å². The Morgan fingerprint density at radius 1 is 0.500 bits per heavy atom. The van der Waals surface area contributed by atoms with Gasteiger partial charge in [-0.05, 0) is 0 Å².